The Labute approximate surface area is 149 Å². The second-order valence-electron chi connectivity index (χ2n) is 6.83. The fourth-order valence-electron chi connectivity index (χ4n) is 3.32. The van der Waals surface area contributed by atoms with Gasteiger partial charge in [0.25, 0.3) is 0 Å². The van der Waals surface area contributed by atoms with Gasteiger partial charge in [0.1, 0.15) is 5.41 Å². The van der Waals surface area contributed by atoms with E-state index >= 15 is 0 Å². The van der Waals surface area contributed by atoms with Gasteiger partial charge in [0.05, 0.1) is 12.2 Å². The van der Waals surface area contributed by atoms with Crippen LogP contribution in [0.2, 0.25) is 0 Å². The number of alkyl halides is 3. The lowest BCUT2D eigenvalue weighted by atomic mass is 9.88. The van der Waals surface area contributed by atoms with Crippen molar-refractivity contribution in [3.05, 3.63) is 35.4 Å². The number of carbonyl (C=O) groups is 2. The number of benzene rings is 1. The molecule has 1 fully saturated rings. The zero-order valence-corrected chi connectivity index (χ0v) is 14.7. The van der Waals surface area contributed by atoms with Gasteiger partial charge >= 0.3 is 12.1 Å². The molecular weight excluding hydrogens is 351 g/mol. The first kappa shape index (κ1) is 20.2. The number of methoxy groups -OCH3 is 1. The van der Waals surface area contributed by atoms with Crippen LogP contribution in [0.1, 0.15) is 24.5 Å². The molecule has 0 aromatic heterocycles. The third kappa shape index (κ3) is 4.35. The minimum atomic E-state index is -4.43. The second-order valence-corrected chi connectivity index (χ2v) is 6.83. The van der Waals surface area contributed by atoms with E-state index in [1.165, 1.54) is 18.1 Å². The lowest BCUT2D eigenvalue weighted by molar-refractivity contribution is -0.152. The zero-order chi connectivity index (χ0) is 19.5. The minimum absolute atomic E-state index is 0.00806. The molecule has 144 valence electrons. The van der Waals surface area contributed by atoms with Crippen LogP contribution < -0.4 is 0 Å². The number of ether oxygens (including phenoxy) is 1. The smallest absolute Gasteiger partial charge is 0.416 e. The largest absolute Gasteiger partial charge is 0.481 e. The maximum absolute atomic E-state index is 12.8. The van der Waals surface area contributed by atoms with Crippen LogP contribution in [-0.4, -0.2) is 48.7 Å². The number of nitrogens with zero attached hydrogens (tertiary/aromatic N) is 1. The molecule has 1 aromatic carbocycles. The van der Waals surface area contributed by atoms with Gasteiger partial charge in [-0.2, -0.15) is 13.2 Å². The number of carboxylic acid groups (broad SMARTS) is 1. The Bertz CT molecular complexity index is 677. The van der Waals surface area contributed by atoms with E-state index in [-0.39, 0.29) is 31.9 Å². The number of aliphatic carboxylic acids is 1. The highest BCUT2D eigenvalue weighted by Gasteiger charge is 2.46. The molecule has 1 aromatic rings. The summed E-state index contributed by atoms with van der Waals surface area (Å²) < 4.78 is 43.4. The minimum Gasteiger partial charge on any atom is -0.481 e. The van der Waals surface area contributed by atoms with Crippen molar-refractivity contribution >= 4 is 11.9 Å². The van der Waals surface area contributed by atoms with Crippen LogP contribution in [-0.2, 0) is 26.9 Å². The van der Waals surface area contributed by atoms with Gasteiger partial charge in [0.2, 0.25) is 5.91 Å². The Morgan fingerprint density at radius 1 is 1.38 bits per heavy atom. The van der Waals surface area contributed by atoms with Crippen molar-refractivity contribution in [1.82, 2.24) is 4.90 Å². The van der Waals surface area contributed by atoms with Gasteiger partial charge in [0.15, 0.2) is 0 Å². The van der Waals surface area contributed by atoms with Crippen LogP contribution in [0, 0.1) is 11.3 Å². The summed E-state index contributed by atoms with van der Waals surface area (Å²) in [7, 11) is 1.41. The molecule has 1 heterocycles. The van der Waals surface area contributed by atoms with Crippen LogP contribution in [0.5, 0.6) is 0 Å². The van der Waals surface area contributed by atoms with Gasteiger partial charge in [-0.05, 0) is 24.5 Å². The Hall–Kier alpha value is -2.09. The zero-order valence-electron chi connectivity index (χ0n) is 14.7. The first-order valence-corrected chi connectivity index (χ1v) is 8.26. The number of carbonyl (C=O) groups excluding carboxylic acids is 1. The van der Waals surface area contributed by atoms with Crippen molar-refractivity contribution in [1.29, 1.82) is 0 Å². The van der Waals surface area contributed by atoms with E-state index in [1.54, 1.807) is 13.0 Å². The maximum atomic E-state index is 12.8. The van der Waals surface area contributed by atoms with Crippen LogP contribution in [0.25, 0.3) is 0 Å². The lowest BCUT2D eigenvalue weighted by Crippen LogP contribution is -2.41. The van der Waals surface area contributed by atoms with E-state index in [2.05, 4.69) is 0 Å². The van der Waals surface area contributed by atoms with Crippen molar-refractivity contribution in [3.8, 4) is 0 Å². The number of halogens is 3. The molecule has 1 aliphatic rings. The van der Waals surface area contributed by atoms with Crippen molar-refractivity contribution in [2.75, 3.05) is 26.8 Å². The van der Waals surface area contributed by atoms with Gasteiger partial charge < -0.3 is 14.7 Å². The Balaban J connectivity index is 2.06. The first-order valence-electron chi connectivity index (χ1n) is 8.26. The van der Waals surface area contributed by atoms with Gasteiger partial charge in [-0.3, -0.25) is 9.59 Å². The highest BCUT2D eigenvalue weighted by Crippen LogP contribution is 2.33. The highest BCUT2D eigenvalue weighted by atomic mass is 19.4. The van der Waals surface area contributed by atoms with Crippen molar-refractivity contribution < 1.29 is 32.6 Å². The second kappa shape index (κ2) is 7.65. The summed E-state index contributed by atoms with van der Waals surface area (Å²) >= 11 is 0. The van der Waals surface area contributed by atoms with E-state index in [0.29, 0.717) is 12.1 Å². The van der Waals surface area contributed by atoms with Gasteiger partial charge in [0, 0.05) is 26.1 Å². The number of carboxylic acids is 1. The third-order valence-corrected chi connectivity index (χ3v) is 4.76. The Kier molecular flexibility index (Phi) is 5.95. The average Bonchev–Trinajstić information content (AvgIpc) is 2.99. The highest BCUT2D eigenvalue weighted by molar-refractivity contribution is 5.82. The number of amides is 1. The van der Waals surface area contributed by atoms with Gasteiger partial charge in [-0.1, -0.05) is 25.1 Å². The summed E-state index contributed by atoms with van der Waals surface area (Å²) in [4.78, 5) is 25.6. The topological polar surface area (TPSA) is 66.8 Å². The fraction of sp³-hybridized carbons (Fsp3) is 0.556. The van der Waals surface area contributed by atoms with Gasteiger partial charge in [-0.25, -0.2) is 0 Å². The standard InChI is InChI=1S/C18H22F3NO4/c1-12(8-13-4-3-5-14(9-13)18(19,20)21)15(23)22-7-6-17(10-22,11-26-2)16(24)25/h3-5,9,12H,6-8,10-11H2,1-2H3,(H,24,25). The summed E-state index contributed by atoms with van der Waals surface area (Å²) in [5.41, 5.74) is -1.46. The number of likely N-dealkylation sites (tertiary alicyclic amines) is 1. The quantitative estimate of drug-likeness (QED) is 0.833. The van der Waals surface area contributed by atoms with Crippen LogP contribution in [0.3, 0.4) is 0 Å². The molecule has 2 atom stereocenters. The van der Waals surface area contributed by atoms with E-state index in [1.807, 2.05) is 0 Å². The molecular formula is C18H22F3NO4. The third-order valence-electron chi connectivity index (χ3n) is 4.76. The summed E-state index contributed by atoms with van der Waals surface area (Å²) in [6, 6.07) is 4.90. The molecule has 0 radical (unpaired) electrons. The Morgan fingerprint density at radius 3 is 2.65 bits per heavy atom. The van der Waals surface area contributed by atoms with E-state index in [0.717, 1.165) is 12.1 Å². The number of rotatable bonds is 6. The molecule has 5 nitrogen and oxygen atoms in total. The molecule has 0 bridgehead atoms. The predicted octanol–water partition coefficient (Wildman–Crippen LogP) is 2.83. The van der Waals surface area contributed by atoms with Crippen molar-refractivity contribution in [3.63, 3.8) is 0 Å². The predicted molar refractivity (Wildman–Crippen MR) is 87.5 cm³/mol. The molecule has 2 unspecified atom stereocenters. The van der Waals surface area contributed by atoms with Crippen LogP contribution in [0.4, 0.5) is 13.2 Å². The molecule has 0 aliphatic carbocycles. The van der Waals surface area contributed by atoms with Crippen molar-refractivity contribution in [2.45, 2.75) is 25.9 Å². The molecule has 2 rings (SSSR count). The molecule has 1 aliphatic heterocycles. The SMILES string of the molecule is COCC1(C(=O)O)CCN(C(=O)C(C)Cc2cccc(C(F)(F)F)c2)C1. The van der Waals surface area contributed by atoms with Crippen LogP contribution in [0.15, 0.2) is 24.3 Å². The molecule has 1 amide bonds. The van der Waals surface area contributed by atoms with E-state index in [9.17, 15) is 27.9 Å². The summed E-state index contributed by atoms with van der Waals surface area (Å²) in [5, 5.41) is 9.45. The maximum Gasteiger partial charge on any atom is 0.416 e. The molecule has 26 heavy (non-hydrogen) atoms. The first-order chi connectivity index (χ1) is 12.1. The summed E-state index contributed by atoms with van der Waals surface area (Å²) in [6.07, 6.45) is -3.98. The number of hydrogen-bond donors (Lipinski definition) is 1. The van der Waals surface area contributed by atoms with Crippen LogP contribution >= 0.6 is 0 Å². The Morgan fingerprint density at radius 2 is 2.08 bits per heavy atom. The normalized spacial score (nSPS) is 21.7. The fourth-order valence-corrected chi connectivity index (χ4v) is 3.32. The molecule has 1 saturated heterocycles. The monoisotopic (exact) mass is 373 g/mol. The number of hydrogen-bond acceptors (Lipinski definition) is 3. The molecule has 1 N–H and O–H groups in total. The summed E-state index contributed by atoms with van der Waals surface area (Å²) in [6.45, 7) is 1.98. The lowest BCUT2D eigenvalue weighted by Gasteiger charge is -2.25. The summed E-state index contributed by atoms with van der Waals surface area (Å²) in [5.74, 6) is -1.83. The average molecular weight is 373 g/mol. The van der Waals surface area contributed by atoms with Crippen molar-refractivity contribution in [2.24, 2.45) is 11.3 Å². The van der Waals surface area contributed by atoms with E-state index in [4.69, 9.17) is 4.74 Å². The molecule has 8 heteroatoms. The molecule has 0 spiro atoms. The molecule has 0 saturated carbocycles. The van der Waals surface area contributed by atoms with E-state index < -0.39 is 29.0 Å². The van der Waals surface area contributed by atoms with Gasteiger partial charge in [-0.15, -0.1) is 0 Å².